The van der Waals surface area contributed by atoms with E-state index in [1.807, 2.05) is 11.4 Å². The number of fused-ring (bicyclic) bond motifs is 1. The highest BCUT2D eigenvalue weighted by Crippen LogP contribution is 2.31. The van der Waals surface area contributed by atoms with Gasteiger partial charge in [-0.05, 0) is 30.5 Å². The second kappa shape index (κ2) is 7.64. The fourth-order valence-electron chi connectivity index (χ4n) is 3.23. The summed E-state index contributed by atoms with van der Waals surface area (Å²) in [5.41, 5.74) is 1.06. The van der Waals surface area contributed by atoms with Gasteiger partial charge in [0.25, 0.3) is 0 Å². The molecular formula is C19H17FN8S. The molecule has 0 aromatic carbocycles. The minimum Gasteiger partial charge on any atom is -0.365 e. The maximum atomic E-state index is 14.6. The Morgan fingerprint density at radius 3 is 2.93 bits per heavy atom. The molecule has 1 unspecified atom stereocenters. The summed E-state index contributed by atoms with van der Waals surface area (Å²) in [4.78, 5) is 21.5. The third kappa shape index (κ3) is 3.71. The predicted molar refractivity (Wildman–Crippen MR) is 111 cm³/mol. The number of hydrogen-bond acceptors (Lipinski definition) is 9. The Balaban J connectivity index is 1.53. The van der Waals surface area contributed by atoms with Gasteiger partial charge in [0, 0.05) is 25.0 Å². The Morgan fingerprint density at radius 1 is 1.14 bits per heavy atom. The number of rotatable bonds is 5. The lowest BCUT2D eigenvalue weighted by Gasteiger charge is -2.14. The molecule has 1 aliphatic heterocycles. The van der Waals surface area contributed by atoms with Crippen LogP contribution in [-0.4, -0.2) is 44.1 Å². The Hall–Kier alpha value is -3.24. The van der Waals surface area contributed by atoms with Crippen molar-refractivity contribution in [3.05, 3.63) is 48.1 Å². The molecule has 8 nitrogen and oxygen atoms in total. The maximum Gasteiger partial charge on any atom is 0.165 e. The van der Waals surface area contributed by atoms with Crippen LogP contribution < -0.4 is 16.0 Å². The summed E-state index contributed by atoms with van der Waals surface area (Å²) < 4.78 is 15.6. The van der Waals surface area contributed by atoms with Crippen LogP contribution in [0.1, 0.15) is 6.42 Å². The second-order valence-corrected chi connectivity index (χ2v) is 7.55. The first kappa shape index (κ1) is 17.8. The molecule has 0 bridgehead atoms. The van der Waals surface area contributed by atoms with Crippen molar-refractivity contribution in [3.63, 3.8) is 0 Å². The van der Waals surface area contributed by atoms with Crippen molar-refractivity contribution >= 4 is 39.0 Å². The molecule has 0 spiro atoms. The molecule has 1 fully saturated rings. The summed E-state index contributed by atoms with van der Waals surface area (Å²) >= 11 is 1.57. The molecule has 1 atom stereocenters. The third-order valence-electron chi connectivity index (χ3n) is 4.62. The number of aromatic nitrogens is 5. The van der Waals surface area contributed by atoms with Crippen molar-refractivity contribution in [3.8, 4) is 11.4 Å². The van der Waals surface area contributed by atoms with Crippen LogP contribution in [0.3, 0.4) is 0 Å². The zero-order valence-corrected chi connectivity index (χ0v) is 16.1. The van der Waals surface area contributed by atoms with E-state index in [1.54, 1.807) is 36.0 Å². The van der Waals surface area contributed by atoms with E-state index < -0.39 is 5.82 Å². The molecule has 0 radical (unpaired) electrons. The first-order chi connectivity index (χ1) is 14.3. The van der Waals surface area contributed by atoms with E-state index >= 15 is 0 Å². The van der Waals surface area contributed by atoms with E-state index in [-0.39, 0.29) is 5.56 Å². The van der Waals surface area contributed by atoms with E-state index in [2.05, 4.69) is 40.9 Å². The van der Waals surface area contributed by atoms with Crippen LogP contribution in [0, 0.1) is 5.82 Å². The first-order valence-electron chi connectivity index (χ1n) is 9.18. The van der Waals surface area contributed by atoms with Crippen molar-refractivity contribution in [1.29, 1.82) is 0 Å². The first-order valence-corrected chi connectivity index (χ1v) is 10.1. The largest absolute Gasteiger partial charge is 0.365 e. The van der Waals surface area contributed by atoms with E-state index in [1.165, 1.54) is 0 Å². The number of nitrogens with one attached hydrogen (secondary N) is 3. The quantitative estimate of drug-likeness (QED) is 0.463. The summed E-state index contributed by atoms with van der Waals surface area (Å²) in [6.45, 7) is 1.85. The lowest BCUT2D eigenvalue weighted by molar-refractivity contribution is 0.624. The van der Waals surface area contributed by atoms with Gasteiger partial charge in [0.1, 0.15) is 17.5 Å². The van der Waals surface area contributed by atoms with Crippen LogP contribution in [0.15, 0.2) is 42.3 Å². The van der Waals surface area contributed by atoms with Gasteiger partial charge in [-0.1, -0.05) is 0 Å². The van der Waals surface area contributed by atoms with Gasteiger partial charge in [-0.25, -0.2) is 24.3 Å². The molecule has 1 saturated heterocycles. The second-order valence-electron chi connectivity index (χ2n) is 6.63. The fraction of sp³-hybridized carbons (Fsp3) is 0.211. The molecule has 29 heavy (non-hydrogen) atoms. The minimum atomic E-state index is -0.488. The molecule has 3 N–H and O–H groups in total. The predicted octanol–water partition coefficient (Wildman–Crippen LogP) is 3.20. The molecular weight excluding hydrogens is 391 g/mol. The number of hydrogen-bond donors (Lipinski definition) is 3. The topological polar surface area (TPSA) is 101 Å². The average Bonchev–Trinajstić information content (AvgIpc) is 3.42. The van der Waals surface area contributed by atoms with E-state index in [9.17, 15) is 4.39 Å². The van der Waals surface area contributed by atoms with Gasteiger partial charge in [-0.2, -0.15) is 0 Å². The van der Waals surface area contributed by atoms with Crippen molar-refractivity contribution in [2.24, 2.45) is 0 Å². The summed E-state index contributed by atoms with van der Waals surface area (Å²) in [6.07, 6.45) is 6.88. The zero-order valence-electron chi connectivity index (χ0n) is 15.3. The van der Waals surface area contributed by atoms with Crippen LogP contribution in [0.4, 0.5) is 21.8 Å². The molecule has 0 aliphatic carbocycles. The molecule has 0 amide bonds. The normalized spacial score (nSPS) is 16.2. The number of nitrogens with zero attached hydrogens (tertiary/aromatic N) is 5. The third-order valence-corrected chi connectivity index (χ3v) is 5.53. The van der Waals surface area contributed by atoms with Crippen molar-refractivity contribution in [2.75, 3.05) is 23.7 Å². The lowest BCUT2D eigenvalue weighted by atomic mass is 10.2. The van der Waals surface area contributed by atoms with Crippen LogP contribution in [0.5, 0.6) is 0 Å². The Bertz CT molecular complexity index is 1140. The van der Waals surface area contributed by atoms with Gasteiger partial charge in [0.05, 0.1) is 28.2 Å². The smallest absolute Gasteiger partial charge is 0.165 e. The summed E-state index contributed by atoms with van der Waals surface area (Å²) in [5.74, 6) is 1.51. The average molecular weight is 408 g/mol. The van der Waals surface area contributed by atoms with Gasteiger partial charge >= 0.3 is 0 Å². The summed E-state index contributed by atoms with van der Waals surface area (Å²) in [7, 11) is 0. The molecule has 4 aromatic heterocycles. The number of halogens is 1. The highest BCUT2D eigenvalue weighted by atomic mass is 32.1. The Labute approximate surface area is 169 Å². The number of thiophene rings is 1. The van der Waals surface area contributed by atoms with Gasteiger partial charge in [0.15, 0.2) is 11.6 Å². The van der Waals surface area contributed by atoms with Gasteiger partial charge in [-0.15, -0.1) is 11.3 Å². The highest BCUT2D eigenvalue weighted by Gasteiger charge is 2.19. The summed E-state index contributed by atoms with van der Waals surface area (Å²) in [5, 5.41) is 11.8. The van der Waals surface area contributed by atoms with Crippen LogP contribution in [0.25, 0.3) is 21.6 Å². The van der Waals surface area contributed by atoms with Crippen molar-refractivity contribution in [2.45, 2.75) is 12.5 Å². The fourth-order valence-corrected chi connectivity index (χ4v) is 4.01. The molecule has 146 valence electrons. The van der Waals surface area contributed by atoms with Crippen LogP contribution >= 0.6 is 11.3 Å². The molecule has 1 aliphatic rings. The van der Waals surface area contributed by atoms with Crippen molar-refractivity contribution in [1.82, 2.24) is 30.2 Å². The molecule has 0 saturated carbocycles. The lowest BCUT2D eigenvalue weighted by Crippen LogP contribution is -2.23. The van der Waals surface area contributed by atoms with Gasteiger partial charge in [-0.3, -0.25) is 4.98 Å². The van der Waals surface area contributed by atoms with E-state index in [0.29, 0.717) is 23.5 Å². The molecule has 4 aromatic rings. The Morgan fingerprint density at radius 2 is 2.10 bits per heavy atom. The van der Waals surface area contributed by atoms with Crippen molar-refractivity contribution < 1.29 is 4.39 Å². The summed E-state index contributed by atoms with van der Waals surface area (Å²) in [6, 6.07) is 3.79. The molecule has 5 rings (SSSR count). The number of anilines is 3. The molecule has 5 heterocycles. The van der Waals surface area contributed by atoms with Crippen LogP contribution in [0.2, 0.25) is 0 Å². The van der Waals surface area contributed by atoms with Gasteiger partial charge < -0.3 is 16.0 Å². The van der Waals surface area contributed by atoms with Gasteiger partial charge in [0.2, 0.25) is 0 Å². The maximum absolute atomic E-state index is 14.6. The van der Waals surface area contributed by atoms with E-state index in [0.717, 1.165) is 41.7 Å². The molecule has 10 heteroatoms. The highest BCUT2D eigenvalue weighted by molar-refractivity contribution is 7.17. The Kier molecular flexibility index (Phi) is 4.70. The van der Waals surface area contributed by atoms with Crippen LogP contribution in [-0.2, 0) is 0 Å². The standard InChI is InChI=1S/C19H17FN8S/c20-13-9-24-15(27-16-10-22-4-5-23-16)7-12(13)18-26-14-2-6-29-17(14)19(28-18)25-11-1-3-21-8-11/h2,4-7,9-11,21H,1,3,8H2,(H,23,24,27)(H,25,26,28). The minimum absolute atomic E-state index is 0.270. The monoisotopic (exact) mass is 408 g/mol. The van der Waals surface area contributed by atoms with E-state index in [4.69, 9.17) is 0 Å². The SMILES string of the molecule is Fc1cnc(Nc2cnccn2)cc1-c1nc(NC2CCNC2)c2sccc2n1. The zero-order chi connectivity index (χ0) is 19.6. The number of pyridine rings is 1.